The van der Waals surface area contributed by atoms with Gasteiger partial charge in [0.2, 0.25) is 0 Å². The number of hydrogen-bond acceptors (Lipinski definition) is 5. The number of hydrogen-bond donors (Lipinski definition) is 2. The third-order valence-corrected chi connectivity index (χ3v) is 3.93. The molecule has 0 heterocycles. The van der Waals surface area contributed by atoms with E-state index in [-0.39, 0.29) is 5.69 Å². The number of nitro benzene ring substituents is 1. The summed E-state index contributed by atoms with van der Waals surface area (Å²) in [5, 5.41) is 14.5. The third-order valence-electron chi connectivity index (χ3n) is 3.93. The molecule has 3 N–H and O–H groups in total. The fourth-order valence-electron chi connectivity index (χ4n) is 2.81. The number of benzene rings is 1. The van der Waals surface area contributed by atoms with Crippen LogP contribution in [0.15, 0.2) is 18.2 Å². The van der Waals surface area contributed by atoms with Crippen LogP contribution in [-0.4, -0.2) is 24.1 Å². The van der Waals surface area contributed by atoms with Crippen LogP contribution in [0.1, 0.15) is 32.6 Å². The highest BCUT2D eigenvalue weighted by Crippen LogP contribution is 2.33. The molecule has 1 saturated carbocycles. The predicted molar refractivity (Wildman–Crippen MR) is 82.7 cm³/mol. The molecule has 21 heavy (non-hydrogen) atoms. The molecular formula is C15H23N3O3. The fraction of sp³-hybridized carbons (Fsp3) is 0.600. The first kappa shape index (κ1) is 15.6. The van der Waals surface area contributed by atoms with Crippen LogP contribution in [-0.2, 0) is 0 Å². The summed E-state index contributed by atoms with van der Waals surface area (Å²) in [6.45, 7) is 3.11. The summed E-state index contributed by atoms with van der Waals surface area (Å²) < 4.78 is 5.50. The molecule has 0 amide bonds. The molecule has 1 aliphatic carbocycles. The summed E-state index contributed by atoms with van der Waals surface area (Å²) in [5.41, 5.74) is 6.65. The number of nitrogens with one attached hydrogen (secondary N) is 1. The molecule has 0 bridgehead atoms. The van der Waals surface area contributed by atoms with E-state index in [1.807, 2.05) is 6.92 Å². The molecule has 6 nitrogen and oxygen atoms in total. The van der Waals surface area contributed by atoms with Crippen LogP contribution in [0.3, 0.4) is 0 Å². The lowest BCUT2D eigenvalue weighted by Gasteiger charge is -2.21. The zero-order valence-electron chi connectivity index (χ0n) is 12.4. The average molecular weight is 293 g/mol. The summed E-state index contributed by atoms with van der Waals surface area (Å²) in [5.74, 6) is 0.800. The molecule has 1 aromatic rings. The Balaban J connectivity index is 2.14. The predicted octanol–water partition coefficient (Wildman–Crippen LogP) is 2.92. The quantitative estimate of drug-likeness (QED) is 0.596. The Morgan fingerprint density at radius 3 is 2.95 bits per heavy atom. The molecule has 2 rings (SSSR count). The van der Waals surface area contributed by atoms with Gasteiger partial charge in [-0.15, -0.1) is 0 Å². The van der Waals surface area contributed by atoms with Gasteiger partial charge in [-0.1, -0.05) is 13.3 Å². The largest absolute Gasteiger partial charge is 0.487 e. The SMILES string of the molecule is CCCOc1cc(NC2CCCC2CN)ccc1[N+](=O)[O-]. The van der Waals surface area contributed by atoms with Gasteiger partial charge in [0.15, 0.2) is 5.75 Å². The highest BCUT2D eigenvalue weighted by Gasteiger charge is 2.26. The lowest BCUT2D eigenvalue weighted by Crippen LogP contribution is -2.29. The lowest BCUT2D eigenvalue weighted by atomic mass is 10.0. The van der Waals surface area contributed by atoms with Gasteiger partial charge in [-0.25, -0.2) is 0 Å². The van der Waals surface area contributed by atoms with Crippen LogP contribution in [0.25, 0.3) is 0 Å². The molecule has 0 saturated heterocycles. The molecule has 0 spiro atoms. The summed E-state index contributed by atoms with van der Waals surface area (Å²) in [6, 6.07) is 5.30. The van der Waals surface area contributed by atoms with Crippen molar-refractivity contribution in [1.29, 1.82) is 0 Å². The Labute approximate surface area is 124 Å². The number of ether oxygens (including phenoxy) is 1. The molecule has 6 heteroatoms. The molecule has 0 radical (unpaired) electrons. The van der Waals surface area contributed by atoms with Gasteiger partial charge in [-0.2, -0.15) is 0 Å². The normalized spacial score (nSPS) is 21.2. The van der Waals surface area contributed by atoms with Crippen molar-refractivity contribution in [3.05, 3.63) is 28.3 Å². The van der Waals surface area contributed by atoms with Crippen LogP contribution in [0.4, 0.5) is 11.4 Å². The first-order valence-electron chi connectivity index (χ1n) is 7.53. The van der Waals surface area contributed by atoms with E-state index in [1.165, 1.54) is 12.5 Å². The van der Waals surface area contributed by atoms with Gasteiger partial charge in [0, 0.05) is 23.9 Å². The van der Waals surface area contributed by atoms with Gasteiger partial charge < -0.3 is 15.8 Å². The van der Waals surface area contributed by atoms with E-state index in [4.69, 9.17) is 10.5 Å². The van der Waals surface area contributed by atoms with Crippen molar-refractivity contribution < 1.29 is 9.66 Å². The van der Waals surface area contributed by atoms with E-state index in [2.05, 4.69) is 5.32 Å². The van der Waals surface area contributed by atoms with Crippen molar-refractivity contribution in [1.82, 2.24) is 0 Å². The first-order chi connectivity index (χ1) is 10.2. The minimum atomic E-state index is -0.410. The van der Waals surface area contributed by atoms with Gasteiger partial charge in [0.25, 0.3) is 0 Å². The second-order valence-corrected chi connectivity index (χ2v) is 5.47. The lowest BCUT2D eigenvalue weighted by molar-refractivity contribution is -0.385. The van der Waals surface area contributed by atoms with Gasteiger partial charge >= 0.3 is 5.69 Å². The second kappa shape index (κ2) is 7.26. The molecule has 1 fully saturated rings. The van der Waals surface area contributed by atoms with Gasteiger partial charge in [-0.05, 0) is 37.8 Å². The van der Waals surface area contributed by atoms with Crippen molar-refractivity contribution in [2.45, 2.75) is 38.6 Å². The molecule has 2 unspecified atom stereocenters. The van der Waals surface area contributed by atoms with Crippen LogP contribution in [0.5, 0.6) is 5.75 Å². The monoisotopic (exact) mass is 293 g/mol. The highest BCUT2D eigenvalue weighted by atomic mass is 16.6. The van der Waals surface area contributed by atoms with Crippen LogP contribution < -0.4 is 15.8 Å². The number of anilines is 1. The standard InChI is InChI=1S/C15H23N3O3/c1-2-8-21-15-9-12(6-7-14(15)18(19)20)17-13-5-3-4-11(13)10-16/h6-7,9,11,13,17H,2-5,8,10,16H2,1H3. The molecule has 1 aromatic carbocycles. The minimum absolute atomic E-state index is 0.01000. The topological polar surface area (TPSA) is 90.4 Å². The number of nitrogens with zero attached hydrogens (tertiary/aromatic N) is 1. The Bertz CT molecular complexity index is 493. The number of nitrogens with two attached hydrogens (primary N) is 1. The van der Waals surface area contributed by atoms with Gasteiger partial charge in [-0.3, -0.25) is 10.1 Å². The molecule has 2 atom stereocenters. The van der Waals surface area contributed by atoms with E-state index in [1.54, 1.807) is 12.1 Å². The zero-order valence-corrected chi connectivity index (χ0v) is 12.4. The third kappa shape index (κ3) is 3.85. The Morgan fingerprint density at radius 1 is 1.48 bits per heavy atom. The molecular weight excluding hydrogens is 270 g/mol. The Morgan fingerprint density at radius 2 is 2.29 bits per heavy atom. The summed E-state index contributed by atoms with van der Waals surface area (Å²) >= 11 is 0. The first-order valence-corrected chi connectivity index (χ1v) is 7.53. The van der Waals surface area contributed by atoms with E-state index in [9.17, 15) is 10.1 Å². The maximum Gasteiger partial charge on any atom is 0.311 e. The number of nitro groups is 1. The number of rotatable bonds is 7. The van der Waals surface area contributed by atoms with E-state index >= 15 is 0 Å². The van der Waals surface area contributed by atoms with E-state index < -0.39 is 4.92 Å². The fourth-order valence-corrected chi connectivity index (χ4v) is 2.81. The van der Waals surface area contributed by atoms with Crippen molar-refractivity contribution in [2.24, 2.45) is 11.7 Å². The molecule has 1 aliphatic rings. The Hall–Kier alpha value is -1.82. The van der Waals surface area contributed by atoms with Crippen LogP contribution in [0, 0.1) is 16.0 Å². The summed E-state index contributed by atoms with van der Waals surface area (Å²) in [4.78, 5) is 10.6. The van der Waals surface area contributed by atoms with Gasteiger partial charge in [0.1, 0.15) is 0 Å². The molecule has 0 aromatic heterocycles. The van der Waals surface area contributed by atoms with Gasteiger partial charge in [0.05, 0.1) is 11.5 Å². The maximum atomic E-state index is 11.0. The van der Waals surface area contributed by atoms with E-state index in [0.717, 1.165) is 24.9 Å². The maximum absolute atomic E-state index is 11.0. The van der Waals surface area contributed by atoms with Crippen molar-refractivity contribution in [3.8, 4) is 5.75 Å². The summed E-state index contributed by atoms with van der Waals surface area (Å²) in [7, 11) is 0. The minimum Gasteiger partial charge on any atom is -0.487 e. The summed E-state index contributed by atoms with van der Waals surface area (Å²) in [6.07, 6.45) is 4.21. The van der Waals surface area contributed by atoms with Crippen LogP contribution in [0.2, 0.25) is 0 Å². The van der Waals surface area contributed by atoms with Crippen molar-refractivity contribution in [2.75, 3.05) is 18.5 Å². The van der Waals surface area contributed by atoms with Crippen molar-refractivity contribution >= 4 is 11.4 Å². The average Bonchev–Trinajstić information content (AvgIpc) is 2.92. The highest BCUT2D eigenvalue weighted by molar-refractivity contribution is 5.58. The van der Waals surface area contributed by atoms with E-state index in [0.29, 0.717) is 30.9 Å². The van der Waals surface area contributed by atoms with Crippen molar-refractivity contribution in [3.63, 3.8) is 0 Å². The smallest absolute Gasteiger partial charge is 0.311 e. The molecule has 0 aliphatic heterocycles. The second-order valence-electron chi connectivity index (χ2n) is 5.47. The van der Waals surface area contributed by atoms with Crippen LogP contribution >= 0.6 is 0 Å². The zero-order chi connectivity index (χ0) is 15.2. The Kier molecular flexibility index (Phi) is 5.38. The molecule has 116 valence electrons.